The average Bonchev–Trinajstić information content (AvgIpc) is 3.31. The van der Waals surface area contributed by atoms with Gasteiger partial charge in [-0.05, 0) is 48.8 Å². The SMILES string of the molecule is C#Cc1ccc(C2CC2/C=C/C=C/C(=O)NC(C)C(C)C)cc1. The summed E-state index contributed by atoms with van der Waals surface area (Å²) in [4.78, 5) is 11.7. The number of allylic oxidation sites excluding steroid dienone is 3. The van der Waals surface area contributed by atoms with Crippen LogP contribution < -0.4 is 5.32 Å². The van der Waals surface area contributed by atoms with Crippen molar-refractivity contribution >= 4 is 5.91 Å². The smallest absolute Gasteiger partial charge is 0.244 e. The number of nitrogens with one attached hydrogen (secondary N) is 1. The van der Waals surface area contributed by atoms with E-state index in [-0.39, 0.29) is 11.9 Å². The van der Waals surface area contributed by atoms with Gasteiger partial charge in [0.05, 0.1) is 0 Å². The van der Waals surface area contributed by atoms with Gasteiger partial charge in [-0.25, -0.2) is 0 Å². The van der Waals surface area contributed by atoms with Gasteiger partial charge >= 0.3 is 0 Å². The predicted octanol–water partition coefficient (Wildman–Crippen LogP) is 4.04. The first kappa shape index (κ1) is 17.1. The second kappa shape index (κ2) is 7.83. The highest BCUT2D eigenvalue weighted by Crippen LogP contribution is 2.48. The van der Waals surface area contributed by atoms with Gasteiger partial charge in [0.25, 0.3) is 0 Å². The third-order valence-corrected chi connectivity index (χ3v) is 4.43. The van der Waals surface area contributed by atoms with E-state index in [1.807, 2.05) is 31.2 Å². The molecule has 0 radical (unpaired) electrons. The summed E-state index contributed by atoms with van der Waals surface area (Å²) in [7, 11) is 0. The van der Waals surface area contributed by atoms with Crippen LogP contribution in [0.25, 0.3) is 0 Å². The minimum Gasteiger partial charge on any atom is -0.350 e. The Hall–Kier alpha value is -2.27. The molecule has 3 unspecified atom stereocenters. The van der Waals surface area contributed by atoms with Crippen molar-refractivity contribution in [2.45, 2.75) is 39.2 Å². The Morgan fingerprint density at radius 2 is 1.96 bits per heavy atom. The molecule has 1 N–H and O–H groups in total. The Labute approximate surface area is 139 Å². The Balaban J connectivity index is 1.78. The highest BCUT2D eigenvalue weighted by Gasteiger charge is 2.35. The minimum atomic E-state index is -0.0342. The van der Waals surface area contributed by atoms with E-state index in [1.54, 1.807) is 6.08 Å². The van der Waals surface area contributed by atoms with Crippen LogP contribution in [0.5, 0.6) is 0 Å². The molecule has 1 aliphatic carbocycles. The summed E-state index contributed by atoms with van der Waals surface area (Å²) < 4.78 is 0. The van der Waals surface area contributed by atoms with Crippen LogP contribution in [-0.2, 0) is 4.79 Å². The Bertz CT molecular complexity index is 631. The Morgan fingerprint density at radius 3 is 2.57 bits per heavy atom. The van der Waals surface area contributed by atoms with E-state index < -0.39 is 0 Å². The van der Waals surface area contributed by atoms with Gasteiger partial charge in [-0.3, -0.25) is 4.79 Å². The van der Waals surface area contributed by atoms with Crippen LogP contribution in [0.4, 0.5) is 0 Å². The fourth-order valence-corrected chi connectivity index (χ4v) is 2.43. The van der Waals surface area contributed by atoms with Gasteiger partial charge in [-0.1, -0.05) is 50.1 Å². The first-order valence-corrected chi connectivity index (χ1v) is 8.23. The van der Waals surface area contributed by atoms with Gasteiger partial charge < -0.3 is 5.32 Å². The van der Waals surface area contributed by atoms with Crippen LogP contribution >= 0.6 is 0 Å². The highest BCUT2D eigenvalue weighted by atomic mass is 16.1. The molecule has 0 spiro atoms. The molecule has 120 valence electrons. The predicted molar refractivity (Wildman–Crippen MR) is 95.9 cm³/mol. The molecule has 1 fully saturated rings. The number of terminal acetylenes is 1. The zero-order valence-corrected chi connectivity index (χ0v) is 14.1. The molecule has 1 aromatic rings. The van der Waals surface area contributed by atoms with Crippen LogP contribution in [0.2, 0.25) is 0 Å². The van der Waals surface area contributed by atoms with E-state index in [9.17, 15) is 4.79 Å². The quantitative estimate of drug-likeness (QED) is 0.479. The number of benzene rings is 1. The van der Waals surface area contributed by atoms with Crippen molar-refractivity contribution in [1.82, 2.24) is 5.32 Å². The van der Waals surface area contributed by atoms with E-state index in [0.717, 1.165) is 12.0 Å². The monoisotopic (exact) mass is 307 g/mol. The molecule has 1 aromatic carbocycles. The van der Waals surface area contributed by atoms with Crippen LogP contribution in [0, 0.1) is 24.2 Å². The lowest BCUT2D eigenvalue weighted by Crippen LogP contribution is -2.34. The highest BCUT2D eigenvalue weighted by molar-refractivity contribution is 5.87. The number of carbonyl (C=O) groups is 1. The number of hydrogen-bond acceptors (Lipinski definition) is 1. The van der Waals surface area contributed by atoms with E-state index in [4.69, 9.17) is 6.42 Å². The van der Waals surface area contributed by atoms with Gasteiger partial charge in [0.1, 0.15) is 0 Å². The van der Waals surface area contributed by atoms with Crippen LogP contribution in [0.15, 0.2) is 48.6 Å². The fourth-order valence-electron chi connectivity index (χ4n) is 2.43. The molecular weight excluding hydrogens is 282 g/mol. The number of carbonyl (C=O) groups excluding carboxylic acids is 1. The molecule has 0 heterocycles. The zero-order chi connectivity index (χ0) is 16.8. The standard InChI is InChI=1S/C21H25NO/c1-5-17-10-12-18(13-11-17)20-14-19(20)8-6-7-9-21(23)22-16(4)15(2)3/h1,6-13,15-16,19-20H,14H2,2-4H3,(H,22,23)/b8-6+,9-7+. The lowest BCUT2D eigenvalue weighted by atomic mass is 10.1. The second-order valence-electron chi connectivity index (χ2n) is 6.56. The maximum Gasteiger partial charge on any atom is 0.244 e. The van der Waals surface area contributed by atoms with Gasteiger partial charge in [0.15, 0.2) is 0 Å². The van der Waals surface area contributed by atoms with Crippen LogP contribution in [0.3, 0.4) is 0 Å². The second-order valence-corrected chi connectivity index (χ2v) is 6.56. The summed E-state index contributed by atoms with van der Waals surface area (Å²) in [5, 5.41) is 2.95. The molecule has 0 aliphatic heterocycles. The summed E-state index contributed by atoms with van der Waals surface area (Å²) in [5.74, 6) is 4.19. The zero-order valence-electron chi connectivity index (χ0n) is 14.1. The lowest BCUT2D eigenvalue weighted by molar-refractivity contribution is -0.117. The van der Waals surface area contributed by atoms with E-state index in [2.05, 4.69) is 43.3 Å². The fraction of sp³-hybridized carbons (Fsp3) is 0.381. The van der Waals surface area contributed by atoms with Crippen LogP contribution in [0.1, 0.15) is 44.2 Å². The van der Waals surface area contributed by atoms with Crippen molar-refractivity contribution in [3.8, 4) is 12.3 Å². The third-order valence-electron chi connectivity index (χ3n) is 4.43. The third kappa shape index (κ3) is 5.14. The maximum atomic E-state index is 11.7. The molecule has 2 nitrogen and oxygen atoms in total. The van der Waals surface area contributed by atoms with Crippen molar-refractivity contribution in [2.24, 2.45) is 11.8 Å². The molecule has 0 saturated heterocycles. The molecule has 2 heteroatoms. The maximum absolute atomic E-state index is 11.7. The molecule has 1 amide bonds. The molecule has 0 bridgehead atoms. The summed E-state index contributed by atoms with van der Waals surface area (Å²) in [5.41, 5.74) is 2.26. The van der Waals surface area contributed by atoms with Gasteiger partial charge in [0, 0.05) is 17.7 Å². The Kier molecular flexibility index (Phi) is 5.82. The normalized spacial score (nSPS) is 21.5. The van der Waals surface area contributed by atoms with E-state index >= 15 is 0 Å². The molecule has 3 atom stereocenters. The topological polar surface area (TPSA) is 29.1 Å². The van der Waals surface area contributed by atoms with Crippen molar-refractivity contribution in [2.75, 3.05) is 0 Å². The largest absolute Gasteiger partial charge is 0.350 e. The summed E-state index contributed by atoms with van der Waals surface area (Å²) >= 11 is 0. The number of rotatable bonds is 6. The molecule has 2 rings (SSSR count). The van der Waals surface area contributed by atoms with Crippen molar-refractivity contribution in [1.29, 1.82) is 0 Å². The summed E-state index contributed by atoms with van der Waals surface area (Å²) in [6.07, 6.45) is 14.1. The number of hydrogen-bond donors (Lipinski definition) is 1. The summed E-state index contributed by atoms with van der Waals surface area (Å²) in [6.45, 7) is 6.21. The molecule has 1 aliphatic rings. The van der Waals surface area contributed by atoms with Crippen molar-refractivity contribution < 1.29 is 4.79 Å². The van der Waals surface area contributed by atoms with Gasteiger partial charge in [-0.15, -0.1) is 6.42 Å². The minimum absolute atomic E-state index is 0.0342. The first-order valence-electron chi connectivity index (χ1n) is 8.23. The average molecular weight is 307 g/mol. The van der Waals surface area contributed by atoms with E-state index in [1.165, 1.54) is 5.56 Å². The number of amides is 1. The van der Waals surface area contributed by atoms with Crippen molar-refractivity contribution in [3.63, 3.8) is 0 Å². The summed E-state index contributed by atoms with van der Waals surface area (Å²) in [6, 6.07) is 8.41. The Morgan fingerprint density at radius 1 is 1.26 bits per heavy atom. The first-order chi connectivity index (χ1) is 11.0. The molecule has 23 heavy (non-hydrogen) atoms. The molecular formula is C21H25NO. The van der Waals surface area contributed by atoms with Gasteiger partial charge in [-0.2, -0.15) is 0 Å². The van der Waals surface area contributed by atoms with Gasteiger partial charge in [0.2, 0.25) is 5.91 Å². The van der Waals surface area contributed by atoms with Crippen molar-refractivity contribution in [3.05, 3.63) is 59.7 Å². The van der Waals surface area contributed by atoms with E-state index in [0.29, 0.717) is 17.8 Å². The molecule has 1 saturated carbocycles. The van der Waals surface area contributed by atoms with Crippen LogP contribution in [-0.4, -0.2) is 11.9 Å². The lowest BCUT2D eigenvalue weighted by Gasteiger charge is -2.15. The molecule has 0 aromatic heterocycles.